The van der Waals surface area contributed by atoms with Gasteiger partial charge in [-0.05, 0) is 154 Å². The molecule has 0 bridgehead atoms. The Hall–Kier alpha value is -4.28. The summed E-state index contributed by atoms with van der Waals surface area (Å²) in [7, 11) is -9.97. The molecule has 0 aromatic heterocycles. The van der Waals surface area contributed by atoms with Crippen LogP contribution in [0.4, 0.5) is 0 Å². The van der Waals surface area contributed by atoms with E-state index in [0.717, 1.165) is 186 Å². The van der Waals surface area contributed by atoms with Gasteiger partial charge in [-0.25, -0.2) is 9.13 Å². The maximum atomic E-state index is 13.1. The van der Waals surface area contributed by atoms with Gasteiger partial charge in [-0.2, -0.15) is 0 Å². The maximum Gasteiger partial charge on any atom is 0.472 e. The number of allylic oxidation sites excluding steroid dienone is 18. The largest absolute Gasteiger partial charge is 0.472 e. The Balaban J connectivity index is 5.36. The zero-order valence-corrected chi connectivity index (χ0v) is 66.0. The van der Waals surface area contributed by atoms with Crippen LogP contribution in [0.15, 0.2) is 109 Å². The van der Waals surface area contributed by atoms with Crippen molar-refractivity contribution in [2.75, 3.05) is 39.6 Å². The molecule has 5 unspecified atom stereocenters. The summed E-state index contributed by atoms with van der Waals surface area (Å²) >= 11 is 0. The number of aliphatic hydroxyl groups is 1. The molecule has 0 aromatic rings. The standard InChI is InChI=1S/C83H144O17P2/c1-5-9-13-17-21-25-29-33-35-37-38-40-42-46-48-52-56-60-64-68-81(86)94-74-79(100-83(88)70-66-62-58-54-50-44-32-28-24-20-16-12-8-4)76-98-102(91,92)96-72-77(84)71-95-101(89,90)97-75-78(99-82(87)69-65-61-57-53-49-43-31-27-23-19-15-11-7-3)73-93-80(85)67-63-59-55-51-47-45-41-39-36-34-30-26-22-18-14-10-6-2/h10,14,21-22,25-28,31-36,38,40-41,45,77-79,84H,5-9,11-13,15-20,23-24,29-30,37,39,42-44,46-76H2,1-4H3,(H,89,90)(H,91,92)/b14-10-,25-21-,26-22-,31-27-,32-28-,35-33-,36-34-,40-38-,45-41-. The lowest BCUT2D eigenvalue weighted by molar-refractivity contribution is -0.161. The fraction of sp³-hybridized carbons (Fsp3) is 0.735. The molecule has 0 radical (unpaired) electrons. The second kappa shape index (κ2) is 75.0. The van der Waals surface area contributed by atoms with Gasteiger partial charge in [0.15, 0.2) is 12.2 Å². The highest BCUT2D eigenvalue weighted by Gasteiger charge is 2.30. The number of carbonyl (C=O) groups excluding carboxylic acids is 4. The van der Waals surface area contributed by atoms with Gasteiger partial charge in [-0.3, -0.25) is 37.3 Å². The van der Waals surface area contributed by atoms with E-state index in [1.165, 1.54) is 70.6 Å². The second-order valence-electron chi connectivity index (χ2n) is 26.6. The van der Waals surface area contributed by atoms with Crippen molar-refractivity contribution in [2.45, 2.75) is 354 Å². The van der Waals surface area contributed by atoms with E-state index in [1.54, 1.807) is 0 Å². The fourth-order valence-electron chi connectivity index (χ4n) is 10.6. The van der Waals surface area contributed by atoms with Gasteiger partial charge in [0.25, 0.3) is 0 Å². The monoisotopic (exact) mass is 1470 g/mol. The van der Waals surface area contributed by atoms with Gasteiger partial charge < -0.3 is 33.8 Å². The van der Waals surface area contributed by atoms with Crippen LogP contribution >= 0.6 is 15.6 Å². The van der Waals surface area contributed by atoms with E-state index in [4.69, 9.17) is 37.0 Å². The molecule has 0 aliphatic heterocycles. The first kappa shape index (κ1) is 97.7. The number of ether oxygens (including phenoxy) is 4. The summed E-state index contributed by atoms with van der Waals surface area (Å²) in [5.74, 6) is -2.22. The van der Waals surface area contributed by atoms with Crippen molar-refractivity contribution in [3.8, 4) is 0 Å². The van der Waals surface area contributed by atoms with Crippen LogP contribution in [-0.4, -0.2) is 96.7 Å². The van der Waals surface area contributed by atoms with E-state index in [0.29, 0.717) is 25.7 Å². The maximum absolute atomic E-state index is 13.1. The Kier molecular flexibility index (Phi) is 71.8. The molecule has 0 heterocycles. The molecule has 17 nitrogen and oxygen atoms in total. The SMILES string of the molecule is CC/C=C\C/C=C\C/C=C\C/C=C\CCCCCCC(=O)OCC(COP(=O)(O)OCC(O)COP(=O)(O)OCC(COC(=O)CCCCCCCC/C=C\C/C=C\C/C=C\CCCCC)OC(=O)CCCCCCC/C=C\CCCCCC)OC(=O)CCCCCCC/C=C\CCCCCC. The highest BCUT2D eigenvalue weighted by atomic mass is 31.2. The molecule has 588 valence electrons. The van der Waals surface area contributed by atoms with Gasteiger partial charge in [0.1, 0.15) is 19.3 Å². The average Bonchev–Trinajstić information content (AvgIpc) is 0.907. The van der Waals surface area contributed by atoms with Crippen LogP contribution in [0.25, 0.3) is 0 Å². The van der Waals surface area contributed by atoms with Crippen LogP contribution in [0.2, 0.25) is 0 Å². The van der Waals surface area contributed by atoms with E-state index < -0.39 is 97.5 Å². The predicted octanol–water partition coefficient (Wildman–Crippen LogP) is 23.3. The van der Waals surface area contributed by atoms with Crippen LogP contribution < -0.4 is 0 Å². The summed E-state index contributed by atoms with van der Waals surface area (Å²) in [6, 6.07) is 0. The third-order valence-corrected chi connectivity index (χ3v) is 18.6. The lowest BCUT2D eigenvalue weighted by Crippen LogP contribution is -2.30. The number of aliphatic hydroxyl groups excluding tert-OH is 1. The van der Waals surface area contributed by atoms with E-state index in [-0.39, 0.29) is 25.7 Å². The molecule has 0 fully saturated rings. The second-order valence-corrected chi connectivity index (χ2v) is 29.5. The fourth-order valence-corrected chi connectivity index (χ4v) is 12.1. The lowest BCUT2D eigenvalue weighted by atomic mass is 10.1. The molecule has 0 aliphatic carbocycles. The number of phosphoric ester groups is 2. The molecule has 3 N–H and O–H groups in total. The number of rotatable bonds is 75. The minimum Gasteiger partial charge on any atom is -0.462 e. The Morgan fingerprint density at radius 2 is 0.510 bits per heavy atom. The molecule has 0 rings (SSSR count). The van der Waals surface area contributed by atoms with E-state index in [1.807, 2.05) is 0 Å². The van der Waals surface area contributed by atoms with Crippen LogP contribution in [-0.2, 0) is 65.4 Å². The number of hydrogen-bond acceptors (Lipinski definition) is 15. The summed E-state index contributed by atoms with van der Waals surface area (Å²) in [6.07, 6.45) is 80.6. The number of unbranched alkanes of at least 4 members (excludes halogenated alkanes) is 31. The van der Waals surface area contributed by atoms with Crippen LogP contribution in [0.3, 0.4) is 0 Å². The predicted molar refractivity (Wildman–Crippen MR) is 418 cm³/mol. The van der Waals surface area contributed by atoms with Crippen molar-refractivity contribution < 1.29 is 80.2 Å². The molecule has 102 heavy (non-hydrogen) atoms. The Labute approximate surface area is 619 Å². The number of carbonyl (C=O) groups is 4. The van der Waals surface area contributed by atoms with Gasteiger partial charge in [0, 0.05) is 25.7 Å². The van der Waals surface area contributed by atoms with Crippen molar-refractivity contribution in [1.29, 1.82) is 0 Å². The highest BCUT2D eigenvalue weighted by Crippen LogP contribution is 2.45. The number of esters is 4. The summed E-state index contributed by atoms with van der Waals surface area (Å²) in [5.41, 5.74) is 0. The summed E-state index contributed by atoms with van der Waals surface area (Å²) in [4.78, 5) is 73.0. The van der Waals surface area contributed by atoms with Crippen LogP contribution in [0, 0.1) is 0 Å². The van der Waals surface area contributed by atoms with Crippen molar-refractivity contribution in [1.82, 2.24) is 0 Å². The molecule has 0 saturated carbocycles. The number of phosphoric acid groups is 2. The molecule has 0 aromatic carbocycles. The van der Waals surface area contributed by atoms with Gasteiger partial charge in [0.05, 0.1) is 26.4 Å². The zero-order chi connectivity index (χ0) is 74.6. The summed E-state index contributed by atoms with van der Waals surface area (Å²) in [6.45, 7) is 4.67. The van der Waals surface area contributed by atoms with E-state index >= 15 is 0 Å². The summed E-state index contributed by atoms with van der Waals surface area (Å²) < 4.78 is 68.6. The first-order chi connectivity index (χ1) is 49.7. The topological polar surface area (TPSA) is 237 Å². The van der Waals surface area contributed by atoms with Gasteiger partial charge >= 0.3 is 39.5 Å². The Bertz CT molecular complexity index is 2360. The molecule has 0 amide bonds. The first-order valence-corrected chi connectivity index (χ1v) is 43.1. The van der Waals surface area contributed by atoms with Crippen LogP contribution in [0.1, 0.15) is 336 Å². The number of hydrogen-bond donors (Lipinski definition) is 3. The Morgan fingerprint density at radius 1 is 0.284 bits per heavy atom. The molecule has 19 heteroatoms. The van der Waals surface area contributed by atoms with Gasteiger partial charge in [-0.1, -0.05) is 265 Å². The first-order valence-electron chi connectivity index (χ1n) is 40.1. The van der Waals surface area contributed by atoms with Crippen LogP contribution in [0.5, 0.6) is 0 Å². The van der Waals surface area contributed by atoms with E-state index in [2.05, 4.69) is 137 Å². The zero-order valence-electron chi connectivity index (χ0n) is 64.3. The van der Waals surface area contributed by atoms with E-state index in [9.17, 15) is 43.2 Å². The minimum absolute atomic E-state index is 0.0782. The molecule has 5 atom stereocenters. The highest BCUT2D eigenvalue weighted by molar-refractivity contribution is 7.47. The molecule has 0 aliphatic rings. The van der Waals surface area contributed by atoms with Gasteiger partial charge in [-0.15, -0.1) is 0 Å². The normalized spacial score (nSPS) is 14.5. The Morgan fingerprint density at radius 3 is 0.814 bits per heavy atom. The minimum atomic E-state index is -4.98. The third kappa shape index (κ3) is 74.0. The smallest absolute Gasteiger partial charge is 0.462 e. The lowest BCUT2D eigenvalue weighted by Gasteiger charge is -2.21. The van der Waals surface area contributed by atoms with Crippen molar-refractivity contribution in [3.63, 3.8) is 0 Å². The molecule has 0 spiro atoms. The third-order valence-electron chi connectivity index (χ3n) is 16.7. The average molecular weight is 1480 g/mol. The van der Waals surface area contributed by atoms with Crippen molar-refractivity contribution in [3.05, 3.63) is 109 Å². The van der Waals surface area contributed by atoms with Crippen molar-refractivity contribution in [2.24, 2.45) is 0 Å². The molecular formula is C83H144O17P2. The van der Waals surface area contributed by atoms with Crippen molar-refractivity contribution >= 4 is 39.5 Å². The molecule has 0 saturated heterocycles. The summed E-state index contributed by atoms with van der Waals surface area (Å²) in [5, 5.41) is 10.6. The molecular weight excluding hydrogens is 1330 g/mol. The van der Waals surface area contributed by atoms with Gasteiger partial charge in [0.2, 0.25) is 0 Å². The quantitative estimate of drug-likeness (QED) is 0.0169.